The van der Waals surface area contributed by atoms with Crippen molar-refractivity contribution in [1.82, 2.24) is 0 Å². The molecule has 1 heterocycles. The average Bonchev–Trinajstić information content (AvgIpc) is 2.85. The Morgan fingerprint density at radius 3 is 2.84 bits per heavy atom. The van der Waals surface area contributed by atoms with Gasteiger partial charge < -0.3 is 9.15 Å². The normalized spacial score (nSPS) is 12.4. The highest BCUT2D eigenvalue weighted by atomic mass is 16.5. The van der Waals surface area contributed by atoms with E-state index in [1.165, 1.54) is 24.5 Å². The van der Waals surface area contributed by atoms with Gasteiger partial charge in [-0.3, -0.25) is 0 Å². The minimum absolute atomic E-state index is 0.384. The largest absolute Gasteiger partial charge is 0.465 e. The van der Waals surface area contributed by atoms with Crippen LogP contribution in [0.4, 0.5) is 0 Å². The third-order valence-electron chi connectivity index (χ3n) is 2.76. The molecule has 0 bridgehead atoms. The van der Waals surface area contributed by atoms with Crippen molar-refractivity contribution >= 4 is 12.0 Å². The molecule has 0 atom stereocenters. The van der Waals surface area contributed by atoms with Crippen LogP contribution in [0, 0.1) is 0 Å². The predicted molar refractivity (Wildman–Crippen MR) is 76.9 cm³/mol. The number of methoxy groups -OCH3 is 1. The van der Waals surface area contributed by atoms with Crippen molar-refractivity contribution in [3.63, 3.8) is 0 Å². The van der Waals surface area contributed by atoms with Crippen LogP contribution in [0.5, 0.6) is 0 Å². The lowest BCUT2D eigenvalue weighted by Crippen LogP contribution is -1.98. The Hall–Kier alpha value is -2.03. The summed E-state index contributed by atoms with van der Waals surface area (Å²) in [6, 6.07) is 1.68. The zero-order chi connectivity index (χ0) is 14.3. The molecule has 0 aliphatic carbocycles. The Bertz CT molecular complexity index is 504. The smallest absolute Gasteiger partial charge is 0.341 e. The van der Waals surface area contributed by atoms with Gasteiger partial charge >= 0.3 is 5.97 Å². The van der Waals surface area contributed by atoms with Gasteiger partial charge in [-0.25, -0.2) is 4.79 Å². The molecule has 1 aromatic rings. The van der Waals surface area contributed by atoms with Crippen LogP contribution in [-0.2, 0) is 4.74 Å². The second-order valence-electron chi connectivity index (χ2n) is 4.41. The Balaban J connectivity index is 2.61. The van der Waals surface area contributed by atoms with Gasteiger partial charge in [0.1, 0.15) is 12.0 Å². The van der Waals surface area contributed by atoms with Crippen LogP contribution < -0.4 is 0 Å². The van der Waals surface area contributed by atoms with E-state index in [4.69, 9.17) is 4.42 Å². The number of carbonyl (C=O) groups is 1. The maximum Gasteiger partial charge on any atom is 0.341 e. The molecule has 0 N–H and O–H groups in total. The van der Waals surface area contributed by atoms with Crippen molar-refractivity contribution in [2.75, 3.05) is 7.11 Å². The Morgan fingerprint density at radius 2 is 2.21 bits per heavy atom. The second kappa shape index (κ2) is 7.41. The first-order valence-corrected chi connectivity index (χ1v) is 6.20. The summed E-state index contributed by atoms with van der Waals surface area (Å²) in [7, 11) is 1.35. The van der Waals surface area contributed by atoms with E-state index in [1.54, 1.807) is 6.07 Å². The fourth-order valence-corrected chi connectivity index (χ4v) is 1.58. The molecule has 0 saturated heterocycles. The standard InChI is InChI=1S/C16H20O3/c1-5-12(2)7-6-8-13(3)9-15-10-14(11-19-15)16(17)18-4/h5,7,9-11H,1,6,8H2,2-4H3/b12-7-,13-9+. The van der Waals surface area contributed by atoms with E-state index < -0.39 is 0 Å². The third kappa shape index (κ3) is 5.00. The molecule has 0 spiro atoms. The molecule has 0 radical (unpaired) electrons. The van der Waals surface area contributed by atoms with Crippen molar-refractivity contribution in [2.45, 2.75) is 26.7 Å². The number of esters is 1. The second-order valence-corrected chi connectivity index (χ2v) is 4.41. The molecule has 0 fully saturated rings. The summed E-state index contributed by atoms with van der Waals surface area (Å²) >= 11 is 0. The molecular formula is C16H20O3. The van der Waals surface area contributed by atoms with Crippen LogP contribution in [0.2, 0.25) is 0 Å². The number of hydrogen-bond donors (Lipinski definition) is 0. The van der Waals surface area contributed by atoms with E-state index in [2.05, 4.69) is 17.4 Å². The molecule has 0 amide bonds. The fraction of sp³-hybridized carbons (Fsp3) is 0.312. The summed E-state index contributed by atoms with van der Waals surface area (Å²) in [5.74, 6) is 0.285. The zero-order valence-corrected chi connectivity index (χ0v) is 11.7. The van der Waals surface area contributed by atoms with E-state index in [0.717, 1.165) is 12.8 Å². The summed E-state index contributed by atoms with van der Waals surface area (Å²) in [5, 5.41) is 0. The van der Waals surface area contributed by atoms with E-state index in [9.17, 15) is 4.79 Å². The molecule has 1 rings (SSSR count). The van der Waals surface area contributed by atoms with Crippen molar-refractivity contribution in [1.29, 1.82) is 0 Å². The fourth-order valence-electron chi connectivity index (χ4n) is 1.58. The third-order valence-corrected chi connectivity index (χ3v) is 2.76. The zero-order valence-electron chi connectivity index (χ0n) is 11.7. The first kappa shape index (κ1) is 15.0. The molecule has 0 aliphatic heterocycles. The topological polar surface area (TPSA) is 39.4 Å². The number of allylic oxidation sites excluding steroid dienone is 4. The monoisotopic (exact) mass is 260 g/mol. The van der Waals surface area contributed by atoms with Crippen LogP contribution in [0.3, 0.4) is 0 Å². The molecule has 1 aromatic heterocycles. The van der Waals surface area contributed by atoms with E-state index in [0.29, 0.717) is 11.3 Å². The average molecular weight is 260 g/mol. The Morgan fingerprint density at radius 1 is 1.47 bits per heavy atom. The van der Waals surface area contributed by atoms with Crippen LogP contribution in [0.25, 0.3) is 6.08 Å². The summed E-state index contributed by atoms with van der Waals surface area (Å²) in [6.07, 6.45) is 9.24. The number of hydrogen-bond acceptors (Lipinski definition) is 3. The van der Waals surface area contributed by atoms with Crippen molar-refractivity contribution < 1.29 is 13.9 Å². The van der Waals surface area contributed by atoms with Gasteiger partial charge in [-0.05, 0) is 38.8 Å². The van der Waals surface area contributed by atoms with Gasteiger partial charge in [0.15, 0.2) is 0 Å². The highest BCUT2D eigenvalue weighted by Gasteiger charge is 2.08. The Kier molecular flexibility index (Phi) is 5.86. The number of rotatable bonds is 6. The maximum absolute atomic E-state index is 11.3. The van der Waals surface area contributed by atoms with E-state index in [1.807, 2.05) is 26.0 Å². The van der Waals surface area contributed by atoms with Gasteiger partial charge in [0.2, 0.25) is 0 Å². The molecule has 0 unspecified atom stereocenters. The number of ether oxygens (including phenoxy) is 1. The number of carbonyl (C=O) groups excluding carboxylic acids is 1. The molecule has 0 saturated carbocycles. The van der Waals surface area contributed by atoms with Gasteiger partial charge in [-0.1, -0.05) is 29.9 Å². The minimum Gasteiger partial charge on any atom is -0.465 e. The van der Waals surface area contributed by atoms with Gasteiger partial charge in [0.25, 0.3) is 0 Å². The molecule has 3 nitrogen and oxygen atoms in total. The summed E-state index contributed by atoms with van der Waals surface area (Å²) < 4.78 is 9.92. The van der Waals surface area contributed by atoms with Crippen LogP contribution >= 0.6 is 0 Å². The van der Waals surface area contributed by atoms with E-state index in [-0.39, 0.29) is 5.97 Å². The molecule has 3 heteroatoms. The van der Waals surface area contributed by atoms with Crippen LogP contribution in [0.1, 0.15) is 42.8 Å². The van der Waals surface area contributed by atoms with Gasteiger partial charge in [0.05, 0.1) is 12.7 Å². The summed E-state index contributed by atoms with van der Waals surface area (Å²) in [6.45, 7) is 7.78. The molecule has 19 heavy (non-hydrogen) atoms. The molecule has 0 aliphatic rings. The van der Waals surface area contributed by atoms with Crippen molar-refractivity contribution in [3.8, 4) is 0 Å². The lowest BCUT2D eigenvalue weighted by Gasteiger charge is -1.97. The minimum atomic E-state index is -0.384. The van der Waals surface area contributed by atoms with E-state index >= 15 is 0 Å². The molecular weight excluding hydrogens is 240 g/mol. The first-order valence-electron chi connectivity index (χ1n) is 6.20. The molecule has 102 valence electrons. The van der Waals surface area contributed by atoms with Gasteiger partial charge in [-0.2, -0.15) is 0 Å². The quantitative estimate of drug-likeness (QED) is 0.562. The first-order chi connectivity index (χ1) is 9.06. The maximum atomic E-state index is 11.3. The number of furan rings is 1. The van der Waals surface area contributed by atoms with Gasteiger partial charge in [0, 0.05) is 0 Å². The van der Waals surface area contributed by atoms with Crippen LogP contribution in [0.15, 0.2) is 46.6 Å². The summed E-state index contributed by atoms with van der Waals surface area (Å²) in [5.41, 5.74) is 2.81. The SMILES string of the molecule is C=C/C(C)=C\CC/C(C)=C/c1cc(C(=O)OC)co1. The highest BCUT2D eigenvalue weighted by Crippen LogP contribution is 2.15. The molecule has 0 aromatic carbocycles. The van der Waals surface area contributed by atoms with Crippen molar-refractivity contribution in [3.05, 3.63) is 53.5 Å². The lowest BCUT2D eigenvalue weighted by molar-refractivity contribution is 0.0600. The van der Waals surface area contributed by atoms with Crippen molar-refractivity contribution in [2.24, 2.45) is 0 Å². The van der Waals surface area contributed by atoms with Crippen LogP contribution in [-0.4, -0.2) is 13.1 Å². The van der Waals surface area contributed by atoms with Gasteiger partial charge in [-0.15, -0.1) is 0 Å². The Labute approximate surface area is 114 Å². The predicted octanol–water partition coefficient (Wildman–Crippen LogP) is 4.38. The summed E-state index contributed by atoms with van der Waals surface area (Å²) in [4.78, 5) is 11.3. The highest BCUT2D eigenvalue weighted by molar-refractivity contribution is 5.89. The lowest BCUT2D eigenvalue weighted by atomic mass is 10.1.